The molecule has 1 aliphatic rings. The Labute approximate surface area is 118 Å². The second-order valence-corrected chi connectivity index (χ2v) is 6.40. The van der Waals surface area contributed by atoms with Crippen molar-refractivity contribution in [3.05, 3.63) is 16.6 Å². The molecule has 1 saturated carbocycles. The number of nitrogens with zero attached hydrogens (tertiary/aromatic N) is 1. The quantitative estimate of drug-likeness (QED) is 0.868. The zero-order chi connectivity index (χ0) is 13.7. The molecule has 1 atom stereocenters. The molecule has 1 aromatic heterocycles. The standard InChI is InChI=1S/C14H23N3OS/c1-10(14-16-6-7-19-14)9-17-13(18)12-4-2-11(8-15)3-5-12/h6-7,10-12H,2-5,8-9,15H2,1H3,(H,17,18). The second kappa shape index (κ2) is 7.01. The molecule has 3 N–H and O–H groups in total. The number of aromatic nitrogens is 1. The Morgan fingerprint density at radius 2 is 2.26 bits per heavy atom. The van der Waals surface area contributed by atoms with Crippen molar-refractivity contribution in [3.63, 3.8) is 0 Å². The molecule has 0 aromatic carbocycles. The predicted molar refractivity (Wildman–Crippen MR) is 78.0 cm³/mol. The van der Waals surface area contributed by atoms with E-state index in [9.17, 15) is 4.79 Å². The van der Waals surface area contributed by atoms with Gasteiger partial charge in [-0.05, 0) is 38.1 Å². The maximum atomic E-state index is 12.1. The molecular formula is C14H23N3OS. The number of hydrogen-bond donors (Lipinski definition) is 2. The third-order valence-electron chi connectivity index (χ3n) is 4.01. The molecule has 1 amide bonds. The molecule has 0 aliphatic heterocycles. The van der Waals surface area contributed by atoms with Crippen molar-refractivity contribution in [2.24, 2.45) is 17.6 Å². The fraction of sp³-hybridized carbons (Fsp3) is 0.714. The van der Waals surface area contributed by atoms with Crippen molar-refractivity contribution in [1.82, 2.24) is 10.3 Å². The monoisotopic (exact) mass is 281 g/mol. The molecule has 1 unspecified atom stereocenters. The summed E-state index contributed by atoms with van der Waals surface area (Å²) in [4.78, 5) is 16.4. The lowest BCUT2D eigenvalue weighted by Crippen LogP contribution is -2.36. The number of hydrogen-bond acceptors (Lipinski definition) is 4. The maximum absolute atomic E-state index is 12.1. The van der Waals surface area contributed by atoms with Crippen LogP contribution in [0.3, 0.4) is 0 Å². The maximum Gasteiger partial charge on any atom is 0.223 e. The van der Waals surface area contributed by atoms with E-state index in [0.717, 1.165) is 37.2 Å². The Morgan fingerprint density at radius 1 is 1.53 bits per heavy atom. The van der Waals surface area contributed by atoms with Crippen LogP contribution < -0.4 is 11.1 Å². The first kappa shape index (κ1) is 14.5. The highest BCUT2D eigenvalue weighted by Gasteiger charge is 2.25. The van der Waals surface area contributed by atoms with Crippen molar-refractivity contribution in [2.75, 3.05) is 13.1 Å². The third-order valence-corrected chi connectivity index (χ3v) is 5.01. The SMILES string of the molecule is CC(CNC(=O)C1CCC(CN)CC1)c1nccs1. The van der Waals surface area contributed by atoms with E-state index >= 15 is 0 Å². The Morgan fingerprint density at radius 3 is 2.84 bits per heavy atom. The summed E-state index contributed by atoms with van der Waals surface area (Å²) in [5.41, 5.74) is 5.67. The molecule has 2 rings (SSSR count). The zero-order valence-electron chi connectivity index (χ0n) is 11.5. The second-order valence-electron chi connectivity index (χ2n) is 5.47. The van der Waals surface area contributed by atoms with Crippen LogP contribution in [0.4, 0.5) is 0 Å². The molecule has 0 spiro atoms. The van der Waals surface area contributed by atoms with Gasteiger partial charge in [0.1, 0.15) is 0 Å². The minimum atomic E-state index is 0.186. The number of nitrogens with one attached hydrogen (secondary N) is 1. The van der Waals surface area contributed by atoms with Gasteiger partial charge in [0.25, 0.3) is 0 Å². The third kappa shape index (κ3) is 4.01. The van der Waals surface area contributed by atoms with Gasteiger partial charge < -0.3 is 11.1 Å². The van der Waals surface area contributed by atoms with Crippen molar-refractivity contribution in [3.8, 4) is 0 Å². The van der Waals surface area contributed by atoms with E-state index in [2.05, 4.69) is 17.2 Å². The average Bonchev–Trinajstić information content (AvgIpc) is 2.98. The number of thiazole rings is 1. The van der Waals surface area contributed by atoms with Gasteiger partial charge in [-0.25, -0.2) is 4.98 Å². The van der Waals surface area contributed by atoms with Crippen LogP contribution in [0.25, 0.3) is 0 Å². The van der Waals surface area contributed by atoms with Gasteiger partial charge in [-0.1, -0.05) is 6.92 Å². The van der Waals surface area contributed by atoms with Gasteiger partial charge in [-0.3, -0.25) is 4.79 Å². The normalized spacial score (nSPS) is 24.9. The molecular weight excluding hydrogens is 258 g/mol. The van der Waals surface area contributed by atoms with Crippen molar-refractivity contribution < 1.29 is 4.79 Å². The van der Waals surface area contributed by atoms with Gasteiger partial charge in [0.15, 0.2) is 0 Å². The van der Waals surface area contributed by atoms with Crippen LogP contribution in [0.1, 0.15) is 43.5 Å². The van der Waals surface area contributed by atoms with Gasteiger partial charge in [0.05, 0.1) is 5.01 Å². The van der Waals surface area contributed by atoms with Crippen molar-refractivity contribution >= 4 is 17.2 Å². The average molecular weight is 281 g/mol. The molecule has 19 heavy (non-hydrogen) atoms. The predicted octanol–water partition coefficient (Wildman–Crippen LogP) is 2.13. The molecule has 0 bridgehead atoms. The highest BCUT2D eigenvalue weighted by atomic mass is 32.1. The van der Waals surface area contributed by atoms with Gasteiger partial charge in [-0.15, -0.1) is 11.3 Å². The van der Waals surface area contributed by atoms with Crippen LogP contribution in [0.5, 0.6) is 0 Å². The van der Waals surface area contributed by atoms with E-state index in [0.29, 0.717) is 18.4 Å². The van der Waals surface area contributed by atoms with E-state index in [1.54, 1.807) is 11.3 Å². The fourth-order valence-electron chi connectivity index (χ4n) is 2.62. The minimum absolute atomic E-state index is 0.186. The topological polar surface area (TPSA) is 68.0 Å². The lowest BCUT2D eigenvalue weighted by molar-refractivity contribution is -0.126. The Kier molecular flexibility index (Phi) is 5.34. The van der Waals surface area contributed by atoms with Crippen LogP contribution in [0.2, 0.25) is 0 Å². The van der Waals surface area contributed by atoms with Crippen LogP contribution in [0.15, 0.2) is 11.6 Å². The molecule has 106 valence electrons. The number of carbonyl (C=O) groups excluding carboxylic acids is 1. The Bertz CT molecular complexity index is 385. The molecule has 1 aliphatic carbocycles. The van der Waals surface area contributed by atoms with Gasteiger partial charge in [-0.2, -0.15) is 0 Å². The van der Waals surface area contributed by atoms with E-state index < -0.39 is 0 Å². The van der Waals surface area contributed by atoms with Crippen LogP contribution in [-0.4, -0.2) is 24.0 Å². The fourth-order valence-corrected chi connectivity index (χ4v) is 3.32. The smallest absolute Gasteiger partial charge is 0.223 e. The molecule has 4 nitrogen and oxygen atoms in total. The summed E-state index contributed by atoms with van der Waals surface area (Å²) in [6, 6.07) is 0. The summed E-state index contributed by atoms with van der Waals surface area (Å²) in [6.07, 6.45) is 5.97. The summed E-state index contributed by atoms with van der Waals surface area (Å²) in [5.74, 6) is 1.31. The van der Waals surface area contributed by atoms with E-state index in [1.807, 2.05) is 11.6 Å². The zero-order valence-corrected chi connectivity index (χ0v) is 12.3. The van der Waals surface area contributed by atoms with E-state index in [1.165, 1.54) is 0 Å². The van der Waals surface area contributed by atoms with Gasteiger partial charge >= 0.3 is 0 Å². The van der Waals surface area contributed by atoms with Gasteiger partial charge in [0, 0.05) is 30.0 Å². The number of rotatable bonds is 5. The number of amides is 1. The lowest BCUT2D eigenvalue weighted by atomic mass is 9.81. The summed E-state index contributed by atoms with van der Waals surface area (Å²) in [5, 5.41) is 6.13. The first-order valence-electron chi connectivity index (χ1n) is 7.08. The molecule has 1 heterocycles. The van der Waals surface area contributed by atoms with E-state index in [4.69, 9.17) is 5.73 Å². The molecule has 1 fully saturated rings. The van der Waals surface area contributed by atoms with Crippen LogP contribution in [-0.2, 0) is 4.79 Å². The summed E-state index contributed by atoms with van der Waals surface area (Å²) >= 11 is 1.65. The lowest BCUT2D eigenvalue weighted by Gasteiger charge is -2.27. The molecule has 0 saturated heterocycles. The summed E-state index contributed by atoms with van der Waals surface area (Å²) in [6.45, 7) is 3.54. The van der Waals surface area contributed by atoms with Crippen LogP contribution >= 0.6 is 11.3 Å². The highest BCUT2D eigenvalue weighted by molar-refractivity contribution is 7.09. The summed E-state index contributed by atoms with van der Waals surface area (Å²) in [7, 11) is 0. The minimum Gasteiger partial charge on any atom is -0.355 e. The first-order valence-corrected chi connectivity index (χ1v) is 7.95. The van der Waals surface area contributed by atoms with E-state index in [-0.39, 0.29) is 11.8 Å². The largest absolute Gasteiger partial charge is 0.355 e. The van der Waals surface area contributed by atoms with Gasteiger partial charge in [0.2, 0.25) is 5.91 Å². The summed E-state index contributed by atoms with van der Waals surface area (Å²) < 4.78 is 0. The number of nitrogens with two attached hydrogens (primary N) is 1. The Balaban J connectivity index is 1.73. The molecule has 1 aromatic rings. The molecule has 0 radical (unpaired) electrons. The van der Waals surface area contributed by atoms with Crippen molar-refractivity contribution in [1.29, 1.82) is 0 Å². The number of carbonyl (C=O) groups is 1. The van der Waals surface area contributed by atoms with Crippen LogP contribution in [0, 0.1) is 11.8 Å². The Hall–Kier alpha value is -0.940. The first-order chi connectivity index (χ1) is 9.20. The highest BCUT2D eigenvalue weighted by Crippen LogP contribution is 2.28. The molecule has 5 heteroatoms. The van der Waals surface area contributed by atoms with Crippen molar-refractivity contribution in [2.45, 2.75) is 38.5 Å².